The molecule has 3 aromatic rings. The summed E-state index contributed by atoms with van der Waals surface area (Å²) in [7, 11) is 0. The summed E-state index contributed by atoms with van der Waals surface area (Å²) in [5.74, 6) is -4.37. The van der Waals surface area contributed by atoms with Crippen LogP contribution in [0.25, 0.3) is 22.3 Å². The summed E-state index contributed by atoms with van der Waals surface area (Å²) in [6.07, 6.45) is -7.21. The smallest absolute Gasteiger partial charge is 0.229 e. The Morgan fingerprint density at radius 1 is 0.818 bits per heavy atom. The molecule has 8 N–H and O–H groups in total. The zero-order valence-corrected chi connectivity index (χ0v) is 16.9. The highest BCUT2D eigenvalue weighted by Crippen LogP contribution is 2.43. The fourth-order valence-electron chi connectivity index (χ4n) is 3.49. The van der Waals surface area contributed by atoms with Gasteiger partial charge in [0.05, 0.1) is 6.10 Å². The number of aliphatic hydroxyl groups is 3. The van der Waals surface area contributed by atoms with Gasteiger partial charge in [-0.25, -0.2) is 0 Å². The normalized spacial score (nSPS) is 25.3. The van der Waals surface area contributed by atoms with E-state index < -0.39 is 70.5 Å². The van der Waals surface area contributed by atoms with Crippen molar-refractivity contribution in [1.82, 2.24) is 0 Å². The van der Waals surface area contributed by atoms with E-state index in [2.05, 4.69) is 0 Å². The standard InChI is InChI=1S/C21H20O12/c1-6-15(26)18(29)19(30)21(31-6)33-13-5-11(25)17(28)20-14(13)8(22)4-12(32-20)7-2-9(23)16(27)10(24)3-7/h2-6,15,18-19,21,23-30H,1H3/t6-,15-,18+,19+,21-/m1/s1. The Hall–Kier alpha value is -3.71. The van der Waals surface area contributed by atoms with Crippen molar-refractivity contribution in [3.05, 3.63) is 34.5 Å². The number of ether oxygens (including phenoxy) is 2. The molecule has 0 aliphatic carbocycles. The van der Waals surface area contributed by atoms with E-state index in [1.165, 1.54) is 6.92 Å². The van der Waals surface area contributed by atoms with Gasteiger partial charge in [0.2, 0.25) is 12.0 Å². The second kappa shape index (κ2) is 8.01. The van der Waals surface area contributed by atoms with Gasteiger partial charge in [-0.15, -0.1) is 0 Å². The summed E-state index contributed by atoms with van der Waals surface area (Å²) in [5.41, 5.74) is -1.36. The average Bonchev–Trinajstić information content (AvgIpc) is 2.76. The molecule has 176 valence electrons. The van der Waals surface area contributed by atoms with Crippen molar-refractivity contribution in [2.24, 2.45) is 0 Å². The molecule has 5 atom stereocenters. The Morgan fingerprint density at radius 3 is 2.06 bits per heavy atom. The van der Waals surface area contributed by atoms with Crippen molar-refractivity contribution in [1.29, 1.82) is 0 Å². The van der Waals surface area contributed by atoms with E-state index in [1.54, 1.807) is 0 Å². The van der Waals surface area contributed by atoms with Crippen molar-refractivity contribution in [3.8, 4) is 45.8 Å². The van der Waals surface area contributed by atoms with Crippen molar-refractivity contribution < 1.29 is 54.7 Å². The molecule has 4 rings (SSSR count). The van der Waals surface area contributed by atoms with Crippen LogP contribution in [0.2, 0.25) is 0 Å². The lowest BCUT2D eigenvalue weighted by atomic mass is 10.00. The van der Waals surface area contributed by atoms with E-state index in [-0.39, 0.29) is 22.5 Å². The monoisotopic (exact) mass is 464 g/mol. The highest BCUT2D eigenvalue weighted by atomic mass is 16.7. The molecule has 0 saturated carbocycles. The molecule has 0 radical (unpaired) electrons. The van der Waals surface area contributed by atoms with Crippen molar-refractivity contribution in [2.45, 2.75) is 37.6 Å². The van der Waals surface area contributed by atoms with Crippen LogP contribution in [0.5, 0.6) is 34.5 Å². The Kier molecular flexibility index (Phi) is 5.46. The number of fused-ring (bicyclic) bond motifs is 1. The molecule has 1 fully saturated rings. The number of hydrogen-bond acceptors (Lipinski definition) is 12. The Bertz CT molecular complexity index is 1260. The zero-order chi connectivity index (χ0) is 24.2. The molecular formula is C21H20O12. The molecule has 1 aromatic heterocycles. The summed E-state index contributed by atoms with van der Waals surface area (Å²) >= 11 is 0. The molecule has 1 saturated heterocycles. The van der Waals surface area contributed by atoms with Gasteiger partial charge in [-0.1, -0.05) is 0 Å². The molecule has 12 heteroatoms. The lowest BCUT2D eigenvalue weighted by Gasteiger charge is -2.38. The predicted molar refractivity (Wildman–Crippen MR) is 109 cm³/mol. The van der Waals surface area contributed by atoms with Crippen LogP contribution < -0.4 is 10.2 Å². The minimum atomic E-state index is -1.71. The molecule has 2 heterocycles. The van der Waals surface area contributed by atoms with Crippen LogP contribution in [0.1, 0.15) is 6.92 Å². The molecule has 0 unspecified atom stereocenters. The predicted octanol–water partition coefficient (Wildman–Crippen LogP) is 0.194. The largest absolute Gasteiger partial charge is 0.504 e. The first-order valence-corrected chi connectivity index (χ1v) is 9.64. The molecule has 2 aromatic carbocycles. The number of benzene rings is 2. The second-order valence-corrected chi connectivity index (χ2v) is 7.58. The van der Waals surface area contributed by atoms with E-state index in [9.17, 15) is 45.6 Å². The molecule has 12 nitrogen and oxygen atoms in total. The number of phenols is 5. The maximum Gasteiger partial charge on any atom is 0.229 e. The summed E-state index contributed by atoms with van der Waals surface area (Å²) < 4.78 is 16.4. The molecule has 0 bridgehead atoms. The third-order valence-electron chi connectivity index (χ3n) is 5.33. The first kappa shape index (κ1) is 22.5. The number of rotatable bonds is 3. The van der Waals surface area contributed by atoms with Gasteiger partial charge in [0.25, 0.3) is 0 Å². The van der Waals surface area contributed by atoms with Crippen LogP contribution in [0.15, 0.2) is 33.5 Å². The maximum absolute atomic E-state index is 12.9. The highest BCUT2D eigenvalue weighted by molar-refractivity contribution is 5.91. The first-order valence-electron chi connectivity index (χ1n) is 9.64. The Balaban J connectivity index is 1.84. The van der Waals surface area contributed by atoms with Crippen LogP contribution in [0, 0.1) is 0 Å². The molecule has 33 heavy (non-hydrogen) atoms. The lowest BCUT2D eigenvalue weighted by Crippen LogP contribution is -2.58. The van der Waals surface area contributed by atoms with Gasteiger partial charge < -0.3 is 54.7 Å². The van der Waals surface area contributed by atoms with Crippen LogP contribution in [0.3, 0.4) is 0 Å². The number of aromatic hydroxyl groups is 5. The van der Waals surface area contributed by atoms with E-state index in [1.807, 2.05) is 0 Å². The number of aliphatic hydroxyl groups excluding tert-OH is 3. The van der Waals surface area contributed by atoms with Gasteiger partial charge in [-0.05, 0) is 19.1 Å². The quantitative estimate of drug-likeness (QED) is 0.244. The van der Waals surface area contributed by atoms with Gasteiger partial charge >= 0.3 is 0 Å². The van der Waals surface area contributed by atoms with Crippen molar-refractivity contribution in [3.63, 3.8) is 0 Å². The zero-order valence-electron chi connectivity index (χ0n) is 16.9. The topological polar surface area (TPSA) is 211 Å². The molecule has 0 amide bonds. The van der Waals surface area contributed by atoms with Gasteiger partial charge in [0.1, 0.15) is 35.2 Å². The second-order valence-electron chi connectivity index (χ2n) is 7.58. The van der Waals surface area contributed by atoms with Gasteiger partial charge in [-0.3, -0.25) is 4.79 Å². The maximum atomic E-state index is 12.9. The fourth-order valence-corrected chi connectivity index (χ4v) is 3.49. The molecule has 1 aliphatic heterocycles. The molecule has 0 spiro atoms. The van der Waals surface area contributed by atoms with Gasteiger partial charge in [-0.2, -0.15) is 0 Å². The Morgan fingerprint density at radius 2 is 1.42 bits per heavy atom. The van der Waals surface area contributed by atoms with E-state index in [0.29, 0.717) is 0 Å². The minimum absolute atomic E-state index is 0.0380. The van der Waals surface area contributed by atoms with E-state index in [4.69, 9.17) is 13.9 Å². The average molecular weight is 464 g/mol. The third kappa shape index (κ3) is 3.74. The van der Waals surface area contributed by atoms with Crippen LogP contribution in [-0.4, -0.2) is 71.6 Å². The third-order valence-corrected chi connectivity index (χ3v) is 5.33. The highest BCUT2D eigenvalue weighted by Gasteiger charge is 2.43. The molecule has 1 aliphatic rings. The Labute approximate surface area is 184 Å². The van der Waals surface area contributed by atoms with Crippen LogP contribution in [-0.2, 0) is 4.74 Å². The van der Waals surface area contributed by atoms with Gasteiger partial charge in [0, 0.05) is 17.7 Å². The first-order chi connectivity index (χ1) is 15.5. The summed E-state index contributed by atoms with van der Waals surface area (Å²) in [4.78, 5) is 12.9. The summed E-state index contributed by atoms with van der Waals surface area (Å²) in [5, 5.41) is 78.9. The molecular weight excluding hydrogens is 444 g/mol. The van der Waals surface area contributed by atoms with Crippen LogP contribution in [0.4, 0.5) is 0 Å². The minimum Gasteiger partial charge on any atom is -0.504 e. The SMILES string of the molecule is C[C@H]1O[C@H](Oc2cc(O)c(O)c3oc(-c4cc(O)c(O)c(O)c4)cc(=O)c23)[C@@H](O)[C@@H](O)[C@@H]1O. The van der Waals surface area contributed by atoms with Crippen molar-refractivity contribution >= 4 is 11.0 Å². The summed E-state index contributed by atoms with van der Waals surface area (Å²) in [6, 6.07) is 3.81. The number of phenolic OH excluding ortho intramolecular Hbond substituents is 5. The van der Waals surface area contributed by atoms with E-state index in [0.717, 1.165) is 24.3 Å². The number of hydrogen-bond donors (Lipinski definition) is 8. The lowest BCUT2D eigenvalue weighted by molar-refractivity contribution is -0.267. The van der Waals surface area contributed by atoms with Crippen molar-refractivity contribution in [2.75, 3.05) is 0 Å². The fraction of sp³-hybridized carbons (Fsp3) is 0.286. The van der Waals surface area contributed by atoms with Gasteiger partial charge in [0.15, 0.2) is 34.0 Å². The van der Waals surface area contributed by atoms with Crippen LogP contribution >= 0.6 is 0 Å². The summed E-state index contributed by atoms with van der Waals surface area (Å²) in [6.45, 7) is 1.42. The van der Waals surface area contributed by atoms with E-state index >= 15 is 0 Å².